The summed E-state index contributed by atoms with van der Waals surface area (Å²) in [6.07, 6.45) is -1.50. The monoisotopic (exact) mass is 497 g/mol. The van der Waals surface area contributed by atoms with Crippen molar-refractivity contribution in [3.8, 4) is 0 Å². The summed E-state index contributed by atoms with van der Waals surface area (Å²) in [6, 6.07) is 7.20. The van der Waals surface area contributed by atoms with Crippen LogP contribution >= 0.6 is 46.4 Å². The molecule has 2 rings (SSSR count). The van der Waals surface area contributed by atoms with Crippen LogP contribution in [0.4, 0.5) is 13.2 Å². The number of halogens is 7. The lowest BCUT2D eigenvalue weighted by molar-refractivity contribution is -0.139. The molecule has 0 fully saturated rings. The first-order valence-electron chi connectivity index (χ1n) is 8.78. The fraction of sp³-hybridized carbons (Fsp3) is 0.286. The van der Waals surface area contributed by atoms with E-state index in [1.807, 2.05) is 0 Å². The van der Waals surface area contributed by atoms with E-state index in [1.54, 1.807) is 32.3 Å². The van der Waals surface area contributed by atoms with Crippen molar-refractivity contribution in [3.05, 3.63) is 73.2 Å². The zero-order chi connectivity index (χ0) is 22.6. The molecule has 0 bridgehead atoms. The molecule has 0 aliphatic heterocycles. The smallest absolute Gasteiger partial charge is 0.349 e. The molecular weight excluding hydrogens is 481 g/mol. The third-order valence-corrected chi connectivity index (χ3v) is 5.93. The first kappa shape index (κ1) is 24.9. The molecule has 0 saturated heterocycles. The molecular formula is C21H18Cl4F3NO. The zero-order valence-electron chi connectivity index (χ0n) is 16.0. The first-order chi connectivity index (χ1) is 13.9. The Morgan fingerprint density at radius 3 is 2.13 bits per heavy atom. The Morgan fingerprint density at radius 2 is 1.63 bits per heavy atom. The SMILES string of the molecule is CN(C)C(=O)CCc1ccc(/C=C/C(c2cc(Cl)c(Cl)c(Cl)c2)C(F)(F)F)cc1Cl. The molecule has 162 valence electrons. The van der Waals surface area contributed by atoms with Crippen LogP contribution in [0.1, 0.15) is 29.0 Å². The van der Waals surface area contributed by atoms with Gasteiger partial charge in [0.2, 0.25) is 5.91 Å². The number of carbonyl (C=O) groups is 1. The lowest BCUT2D eigenvalue weighted by Crippen LogP contribution is -2.21. The number of aryl methyl sites for hydroxylation is 1. The van der Waals surface area contributed by atoms with Gasteiger partial charge in [0.1, 0.15) is 0 Å². The maximum absolute atomic E-state index is 13.6. The van der Waals surface area contributed by atoms with Gasteiger partial charge >= 0.3 is 6.18 Å². The predicted octanol–water partition coefficient (Wildman–Crippen LogP) is 7.68. The molecule has 0 aliphatic rings. The molecule has 0 heterocycles. The normalized spacial score (nSPS) is 13.0. The second-order valence-corrected chi connectivity index (χ2v) is 8.42. The highest BCUT2D eigenvalue weighted by atomic mass is 35.5. The van der Waals surface area contributed by atoms with Crippen LogP contribution in [0, 0.1) is 0 Å². The van der Waals surface area contributed by atoms with Crippen LogP contribution in [0.5, 0.6) is 0 Å². The zero-order valence-corrected chi connectivity index (χ0v) is 19.1. The second kappa shape index (κ2) is 10.3. The van der Waals surface area contributed by atoms with Gasteiger partial charge in [-0.3, -0.25) is 4.79 Å². The Hall–Kier alpha value is -1.40. The molecule has 9 heteroatoms. The summed E-state index contributed by atoms with van der Waals surface area (Å²) < 4.78 is 40.9. The van der Waals surface area contributed by atoms with E-state index in [0.29, 0.717) is 17.0 Å². The van der Waals surface area contributed by atoms with Gasteiger partial charge in [-0.15, -0.1) is 0 Å². The van der Waals surface area contributed by atoms with Crippen molar-refractivity contribution in [2.75, 3.05) is 14.1 Å². The molecule has 0 aliphatic carbocycles. The highest BCUT2D eigenvalue weighted by Crippen LogP contribution is 2.41. The number of nitrogens with zero attached hydrogens (tertiary/aromatic N) is 1. The molecule has 1 amide bonds. The van der Waals surface area contributed by atoms with Gasteiger partial charge in [0.05, 0.1) is 21.0 Å². The van der Waals surface area contributed by atoms with E-state index in [0.717, 1.165) is 23.8 Å². The van der Waals surface area contributed by atoms with Gasteiger partial charge in [0.15, 0.2) is 0 Å². The molecule has 30 heavy (non-hydrogen) atoms. The van der Waals surface area contributed by atoms with E-state index in [-0.39, 0.29) is 33.0 Å². The van der Waals surface area contributed by atoms with Crippen LogP contribution < -0.4 is 0 Å². The molecule has 0 aromatic heterocycles. The number of benzene rings is 2. The Morgan fingerprint density at radius 1 is 1.03 bits per heavy atom. The van der Waals surface area contributed by atoms with Crippen molar-refractivity contribution < 1.29 is 18.0 Å². The minimum Gasteiger partial charge on any atom is -0.349 e. The minimum absolute atomic E-state index is 0.00195. The van der Waals surface area contributed by atoms with Crippen LogP contribution in [0.3, 0.4) is 0 Å². The average molecular weight is 499 g/mol. The number of carbonyl (C=O) groups excluding carboxylic acids is 1. The number of hydrogen-bond acceptors (Lipinski definition) is 1. The van der Waals surface area contributed by atoms with E-state index in [4.69, 9.17) is 46.4 Å². The summed E-state index contributed by atoms with van der Waals surface area (Å²) in [6.45, 7) is 0. The summed E-state index contributed by atoms with van der Waals surface area (Å²) in [7, 11) is 3.33. The van der Waals surface area contributed by atoms with Gasteiger partial charge in [-0.05, 0) is 41.3 Å². The summed E-state index contributed by atoms with van der Waals surface area (Å²) in [5, 5.41) is 0.273. The van der Waals surface area contributed by atoms with Gasteiger partial charge < -0.3 is 4.90 Å². The summed E-state index contributed by atoms with van der Waals surface area (Å²) in [4.78, 5) is 13.2. The van der Waals surface area contributed by atoms with Gasteiger partial charge in [0.25, 0.3) is 0 Å². The molecule has 2 nitrogen and oxygen atoms in total. The van der Waals surface area contributed by atoms with Gasteiger partial charge in [0, 0.05) is 25.5 Å². The van der Waals surface area contributed by atoms with Gasteiger partial charge in [-0.25, -0.2) is 0 Å². The highest BCUT2D eigenvalue weighted by Gasteiger charge is 2.39. The number of hydrogen-bond donors (Lipinski definition) is 0. The molecule has 0 radical (unpaired) electrons. The van der Waals surface area contributed by atoms with Crippen molar-refractivity contribution in [1.82, 2.24) is 4.90 Å². The maximum Gasteiger partial charge on any atom is 0.399 e. The molecule has 1 unspecified atom stereocenters. The van der Waals surface area contributed by atoms with Crippen LogP contribution in [0.15, 0.2) is 36.4 Å². The van der Waals surface area contributed by atoms with Crippen LogP contribution in [-0.2, 0) is 11.2 Å². The summed E-state index contributed by atoms with van der Waals surface area (Å²) in [5.41, 5.74) is 1.11. The summed E-state index contributed by atoms with van der Waals surface area (Å²) in [5.74, 6) is -1.97. The maximum atomic E-state index is 13.6. The van der Waals surface area contributed by atoms with Crippen molar-refractivity contribution in [3.63, 3.8) is 0 Å². The van der Waals surface area contributed by atoms with E-state index in [1.165, 1.54) is 11.0 Å². The fourth-order valence-corrected chi connectivity index (χ4v) is 3.60. The number of amides is 1. The molecule has 1 atom stereocenters. The Bertz CT molecular complexity index is 935. The molecule has 0 saturated carbocycles. The molecule has 0 spiro atoms. The number of alkyl halides is 3. The van der Waals surface area contributed by atoms with E-state index in [9.17, 15) is 18.0 Å². The number of rotatable bonds is 6. The van der Waals surface area contributed by atoms with Crippen molar-refractivity contribution in [2.24, 2.45) is 0 Å². The lowest BCUT2D eigenvalue weighted by atomic mass is 9.96. The lowest BCUT2D eigenvalue weighted by Gasteiger charge is -2.18. The van der Waals surface area contributed by atoms with E-state index in [2.05, 4.69) is 0 Å². The van der Waals surface area contributed by atoms with Gasteiger partial charge in [-0.2, -0.15) is 13.2 Å². The summed E-state index contributed by atoms with van der Waals surface area (Å²) >= 11 is 23.9. The largest absolute Gasteiger partial charge is 0.399 e. The Balaban J connectivity index is 2.26. The third-order valence-electron chi connectivity index (χ3n) is 4.38. The molecule has 2 aromatic carbocycles. The van der Waals surface area contributed by atoms with Crippen LogP contribution in [-0.4, -0.2) is 31.1 Å². The fourth-order valence-electron chi connectivity index (χ4n) is 2.71. The average Bonchev–Trinajstić information content (AvgIpc) is 2.64. The van der Waals surface area contributed by atoms with Gasteiger partial charge in [-0.1, -0.05) is 70.7 Å². The third kappa shape index (κ3) is 6.55. The quantitative estimate of drug-likeness (QED) is 0.374. The van der Waals surface area contributed by atoms with Crippen LogP contribution in [0.25, 0.3) is 6.08 Å². The number of allylic oxidation sites excluding steroid dienone is 1. The predicted molar refractivity (Wildman–Crippen MR) is 118 cm³/mol. The van der Waals surface area contributed by atoms with Crippen molar-refractivity contribution in [1.29, 1.82) is 0 Å². The first-order valence-corrected chi connectivity index (χ1v) is 10.3. The van der Waals surface area contributed by atoms with E-state index < -0.39 is 12.1 Å². The molecule has 2 aromatic rings. The highest BCUT2D eigenvalue weighted by molar-refractivity contribution is 6.48. The van der Waals surface area contributed by atoms with E-state index >= 15 is 0 Å². The van der Waals surface area contributed by atoms with Crippen molar-refractivity contribution >= 4 is 58.4 Å². The Labute approximate surface area is 193 Å². The molecule has 0 N–H and O–H groups in total. The minimum atomic E-state index is -4.56. The van der Waals surface area contributed by atoms with Crippen molar-refractivity contribution in [2.45, 2.75) is 24.9 Å². The van der Waals surface area contributed by atoms with Crippen LogP contribution in [0.2, 0.25) is 20.1 Å². The Kier molecular flexibility index (Phi) is 8.51. The standard InChI is InChI=1S/C21H18Cl4F3NO/c1-29(2)19(30)8-6-13-5-3-12(9-16(13)22)4-7-15(21(26,27)28)14-10-17(23)20(25)18(24)11-14/h3-5,7,9-11,15H,6,8H2,1-2H3/b7-4+. The topological polar surface area (TPSA) is 20.3 Å². The second-order valence-electron chi connectivity index (χ2n) is 6.82.